The Labute approximate surface area is 125 Å². The summed E-state index contributed by atoms with van der Waals surface area (Å²) in [5.41, 5.74) is 0.871. The van der Waals surface area contributed by atoms with Gasteiger partial charge in [-0.25, -0.2) is 0 Å². The molecule has 0 saturated heterocycles. The van der Waals surface area contributed by atoms with Gasteiger partial charge < -0.3 is 5.32 Å². The van der Waals surface area contributed by atoms with Crippen LogP contribution in [0.2, 0.25) is 0 Å². The highest BCUT2D eigenvalue weighted by molar-refractivity contribution is 9.10. The van der Waals surface area contributed by atoms with Gasteiger partial charge in [0.05, 0.1) is 0 Å². The van der Waals surface area contributed by atoms with Crippen LogP contribution in [0.15, 0.2) is 22.8 Å². The average molecular weight is 341 g/mol. The molecule has 0 aliphatic carbocycles. The monoisotopic (exact) mass is 340 g/mol. The van der Waals surface area contributed by atoms with E-state index in [9.17, 15) is 0 Å². The van der Waals surface area contributed by atoms with E-state index < -0.39 is 0 Å². The number of aryl methyl sites for hydroxylation is 1. The van der Waals surface area contributed by atoms with Crippen molar-refractivity contribution in [1.29, 1.82) is 0 Å². The minimum Gasteiger partial charge on any atom is -0.317 e. The molecule has 2 heterocycles. The summed E-state index contributed by atoms with van der Waals surface area (Å²) in [6.07, 6.45) is 5.02. The van der Waals surface area contributed by atoms with Gasteiger partial charge in [0, 0.05) is 17.1 Å². The van der Waals surface area contributed by atoms with E-state index in [1.165, 1.54) is 6.42 Å². The third kappa shape index (κ3) is 4.33. The van der Waals surface area contributed by atoms with E-state index in [0.29, 0.717) is 0 Å². The fourth-order valence-corrected chi connectivity index (χ4v) is 3.13. The Balaban J connectivity index is 1.91. The normalized spacial score (nSPS) is 10.8. The molecule has 0 fully saturated rings. The fourth-order valence-electron chi connectivity index (χ4n) is 1.66. The van der Waals surface area contributed by atoms with E-state index >= 15 is 0 Å². The molecule has 0 saturated carbocycles. The quantitative estimate of drug-likeness (QED) is 0.785. The van der Waals surface area contributed by atoms with Crippen molar-refractivity contribution < 1.29 is 0 Å². The van der Waals surface area contributed by atoms with Crippen molar-refractivity contribution in [1.82, 2.24) is 20.5 Å². The van der Waals surface area contributed by atoms with Crippen LogP contribution in [-0.4, -0.2) is 28.3 Å². The molecule has 0 aromatic carbocycles. The van der Waals surface area contributed by atoms with Gasteiger partial charge in [-0.2, -0.15) is 0 Å². The number of aromatic nitrogens is 3. The van der Waals surface area contributed by atoms with Crippen molar-refractivity contribution in [3.63, 3.8) is 0 Å². The lowest BCUT2D eigenvalue weighted by molar-refractivity contribution is 0.637. The SMILES string of the molecule is CCCNCCCc1nnc(-c2ncccc2Br)s1. The summed E-state index contributed by atoms with van der Waals surface area (Å²) in [6.45, 7) is 4.30. The van der Waals surface area contributed by atoms with Gasteiger partial charge in [-0.05, 0) is 54.0 Å². The van der Waals surface area contributed by atoms with Gasteiger partial charge in [-0.3, -0.25) is 4.98 Å². The summed E-state index contributed by atoms with van der Waals surface area (Å²) in [5.74, 6) is 0. The topological polar surface area (TPSA) is 50.7 Å². The van der Waals surface area contributed by atoms with E-state index in [-0.39, 0.29) is 0 Å². The Bertz CT molecular complexity index is 515. The Kier molecular flexibility index (Phi) is 5.88. The van der Waals surface area contributed by atoms with Crippen molar-refractivity contribution in [2.75, 3.05) is 13.1 Å². The molecule has 0 aliphatic heterocycles. The zero-order valence-electron chi connectivity index (χ0n) is 10.9. The second kappa shape index (κ2) is 7.67. The fraction of sp³-hybridized carbons (Fsp3) is 0.462. The van der Waals surface area contributed by atoms with Crippen LogP contribution >= 0.6 is 27.3 Å². The summed E-state index contributed by atoms with van der Waals surface area (Å²) >= 11 is 5.11. The highest BCUT2D eigenvalue weighted by atomic mass is 79.9. The molecular weight excluding hydrogens is 324 g/mol. The summed E-state index contributed by atoms with van der Waals surface area (Å²) in [7, 11) is 0. The van der Waals surface area contributed by atoms with Crippen molar-refractivity contribution in [3.05, 3.63) is 27.8 Å². The van der Waals surface area contributed by atoms with Crippen LogP contribution in [0.5, 0.6) is 0 Å². The van der Waals surface area contributed by atoms with Gasteiger partial charge in [0.25, 0.3) is 0 Å². The van der Waals surface area contributed by atoms with Gasteiger partial charge in [-0.15, -0.1) is 10.2 Å². The first-order chi connectivity index (χ1) is 9.31. The van der Waals surface area contributed by atoms with Crippen LogP contribution < -0.4 is 5.32 Å². The van der Waals surface area contributed by atoms with E-state index in [0.717, 1.165) is 46.1 Å². The van der Waals surface area contributed by atoms with Crippen LogP contribution in [-0.2, 0) is 6.42 Å². The van der Waals surface area contributed by atoms with Crippen molar-refractivity contribution >= 4 is 27.3 Å². The highest BCUT2D eigenvalue weighted by Crippen LogP contribution is 2.28. The zero-order valence-corrected chi connectivity index (χ0v) is 13.3. The van der Waals surface area contributed by atoms with E-state index in [4.69, 9.17) is 0 Å². The molecule has 1 N–H and O–H groups in total. The minimum absolute atomic E-state index is 0.871. The lowest BCUT2D eigenvalue weighted by Crippen LogP contribution is -2.16. The van der Waals surface area contributed by atoms with Gasteiger partial charge in [-0.1, -0.05) is 18.3 Å². The Morgan fingerprint density at radius 1 is 1.32 bits per heavy atom. The smallest absolute Gasteiger partial charge is 0.167 e. The van der Waals surface area contributed by atoms with Crippen molar-refractivity contribution in [3.8, 4) is 10.7 Å². The molecule has 2 aromatic heterocycles. The molecule has 0 unspecified atom stereocenters. The minimum atomic E-state index is 0.871. The Morgan fingerprint density at radius 2 is 2.21 bits per heavy atom. The van der Waals surface area contributed by atoms with E-state index in [1.807, 2.05) is 12.1 Å². The molecule has 0 atom stereocenters. The third-order valence-corrected chi connectivity index (χ3v) is 4.23. The highest BCUT2D eigenvalue weighted by Gasteiger charge is 2.10. The molecule has 2 aromatic rings. The maximum Gasteiger partial charge on any atom is 0.167 e. The van der Waals surface area contributed by atoms with Crippen molar-refractivity contribution in [2.24, 2.45) is 0 Å². The predicted octanol–water partition coefficient (Wildman–Crippen LogP) is 3.29. The van der Waals surface area contributed by atoms with Gasteiger partial charge in [0.1, 0.15) is 10.7 Å². The number of pyridine rings is 1. The van der Waals surface area contributed by atoms with Crippen LogP contribution in [0.3, 0.4) is 0 Å². The number of nitrogens with one attached hydrogen (secondary N) is 1. The largest absolute Gasteiger partial charge is 0.317 e. The Hall–Kier alpha value is -0.850. The third-order valence-electron chi connectivity index (χ3n) is 2.60. The van der Waals surface area contributed by atoms with Crippen molar-refractivity contribution in [2.45, 2.75) is 26.2 Å². The van der Waals surface area contributed by atoms with Crippen LogP contribution in [0, 0.1) is 0 Å². The second-order valence-electron chi connectivity index (χ2n) is 4.19. The molecular formula is C13H17BrN4S. The molecule has 0 amide bonds. The summed E-state index contributed by atoms with van der Waals surface area (Å²) < 4.78 is 0.960. The molecule has 2 rings (SSSR count). The first-order valence-electron chi connectivity index (χ1n) is 6.45. The lowest BCUT2D eigenvalue weighted by atomic mass is 10.3. The zero-order chi connectivity index (χ0) is 13.5. The maximum absolute atomic E-state index is 4.33. The standard InChI is InChI=1S/C13H17BrN4S/c1-2-7-15-8-4-6-11-17-18-13(19-11)12-10(14)5-3-9-16-12/h3,5,9,15H,2,4,6-8H2,1H3. The molecule has 0 aliphatic rings. The average Bonchev–Trinajstić information content (AvgIpc) is 2.88. The molecule has 102 valence electrons. The number of rotatable bonds is 7. The molecule has 4 nitrogen and oxygen atoms in total. The predicted molar refractivity (Wildman–Crippen MR) is 82.3 cm³/mol. The number of hydrogen-bond acceptors (Lipinski definition) is 5. The van der Waals surface area contributed by atoms with Gasteiger partial charge in [0.2, 0.25) is 0 Å². The summed E-state index contributed by atoms with van der Waals surface area (Å²) in [6, 6.07) is 3.87. The van der Waals surface area contributed by atoms with Gasteiger partial charge >= 0.3 is 0 Å². The molecule has 0 radical (unpaired) electrons. The molecule has 0 spiro atoms. The second-order valence-corrected chi connectivity index (χ2v) is 6.10. The maximum atomic E-state index is 4.33. The van der Waals surface area contributed by atoms with Crippen LogP contribution in [0.4, 0.5) is 0 Å². The van der Waals surface area contributed by atoms with E-state index in [1.54, 1.807) is 17.5 Å². The molecule has 0 bridgehead atoms. The summed E-state index contributed by atoms with van der Waals surface area (Å²) in [5, 5.41) is 13.8. The van der Waals surface area contributed by atoms with E-state index in [2.05, 4.69) is 43.4 Å². The van der Waals surface area contributed by atoms with Crippen LogP contribution in [0.1, 0.15) is 24.8 Å². The number of hydrogen-bond donors (Lipinski definition) is 1. The first kappa shape index (κ1) is 14.6. The van der Waals surface area contributed by atoms with Gasteiger partial charge in [0.15, 0.2) is 5.01 Å². The Morgan fingerprint density at radius 3 is 3.00 bits per heavy atom. The van der Waals surface area contributed by atoms with Crippen LogP contribution in [0.25, 0.3) is 10.7 Å². The molecule has 19 heavy (non-hydrogen) atoms. The first-order valence-corrected chi connectivity index (χ1v) is 8.06. The number of halogens is 1. The molecule has 6 heteroatoms. The summed E-state index contributed by atoms with van der Waals surface area (Å²) in [4.78, 5) is 4.33. The number of nitrogens with zero attached hydrogens (tertiary/aromatic N) is 3. The lowest BCUT2D eigenvalue weighted by Gasteiger charge is -2.00.